The molecule has 0 aliphatic carbocycles. The number of para-hydroxylation sites is 2. The molecule has 1 N–H and O–H groups in total. The number of piperazine rings is 1. The van der Waals surface area contributed by atoms with Gasteiger partial charge in [0.25, 0.3) is 0 Å². The van der Waals surface area contributed by atoms with Gasteiger partial charge in [0, 0.05) is 37.6 Å². The maximum absolute atomic E-state index is 4.69. The predicted molar refractivity (Wildman–Crippen MR) is 110 cm³/mol. The molecule has 3 aromatic rings. The summed E-state index contributed by atoms with van der Waals surface area (Å²) in [6, 6.07) is 18.8. The van der Waals surface area contributed by atoms with Gasteiger partial charge in [-0.15, -0.1) is 5.10 Å². The minimum atomic E-state index is 0.541. The van der Waals surface area contributed by atoms with E-state index in [1.165, 1.54) is 11.3 Å². The molecule has 138 valence electrons. The zero-order valence-electron chi connectivity index (χ0n) is 15.5. The topological polar surface area (TPSA) is 57.2 Å². The first-order chi connectivity index (χ1) is 13.3. The van der Waals surface area contributed by atoms with E-state index in [1.807, 2.05) is 18.2 Å². The summed E-state index contributed by atoms with van der Waals surface area (Å²) in [5.41, 5.74) is 3.55. The zero-order chi connectivity index (χ0) is 18.5. The van der Waals surface area contributed by atoms with E-state index < -0.39 is 0 Å². The smallest absolute Gasteiger partial charge is 0.249 e. The average Bonchev–Trinajstić information content (AvgIpc) is 2.75. The molecule has 1 saturated heterocycles. The molecule has 1 aliphatic rings. The number of anilines is 4. The van der Waals surface area contributed by atoms with Gasteiger partial charge in [0.1, 0.15) is 0 Å². The van der Waals surface area contributed by atoms with Gasteiger partial charge in [-0.1, -0.05) is 43.3 Å². The van der Waals surface area contributed by atoms with E-state index in [4.69, 9.17) is 0 Å². The highest BCUT2D eigenvalue weighted by atomic mass is 15.3. The quantitative estimate of drug-likeness (QED) is 0.751. The summed E-state index contributed by atoms with van der Waals surface area (Å²) in [5, 5.41) is 11.6. The zero-order valence-corrected chi connectivity index (χ0v) is 15.5. The van der Waals surface area contributed by atoms with Gasteiger partial charge in [-0.2, -0.15) is 10.1 Å². The number of benzene rings is 2. The number of nitrogens with zero attached hydrogens (tertiary/aromatic N) is 5. The Morgan fingerprint density at radius 1 is 0.889 bits per heavy atom. The molecule has 2 heterocycles. The molecule has 0 atom stereocenters. The van der Waals surface area contributed by atoms with Crippen molar-refractivity contribution in [1.82, 2.24) is 15.2 Å². The molecule has 1 fully saturated rings. The van der Waals surface area contributed by atoms with Gasteiger partial charge >= 0.3 is 0 Å². The van der Waals surface area contributed by atoms with Crippen molar-refractivity contribution in [2.75, 3.05) is 41.3 Å². The monoisotopic (exact) mass is 360 g/mol. The predicted octanol–water partition coefficient (Wildman–Crippen LogP) is 3.50. The van der Waals surface area contributed by atoms with Crippen LogP contribution in [0, 0.1) is 0 Å². The third kappa shape index (κ3) is 4.00. The van der Waals surface area contributed by atoms with Crippen molar-refractivity contribution in [2.24, 2.45) is 0 Å². The lowest BCUT2D eigenvalue weighted by Crippen LogP contribution is -2.46. The van der Waals surface area contributed by atoms with E-state index in [0.717, 1.165) is 44.1 Å². The van der Waals surface area contributed by atoms with Gasteiger partial charge in [0.05, 0.1) is 6.20 Å². The van der Waals surface area contributed by atoms with Gasteiger partial charge in [-0.3, -0.25) is 0 Å². The SMILES string of the molecule is CCc1ccccc1Nc1nncc(N2CCN(c3ccccc3)CC2)n1. The lowest BCUT2D eigenvalue weighted by Gasteiger charge is -2.36. The van der Waals surface area contributed by atoms with Crippen molar-refractivity contribution in [1.29, 1.82) is 0 Å². The lowest BCUT2D eigenvalue weighted by atomic mass is 10.1. The third-order valence-electron chi connectivity index (χ3n) is 4.92. The molecular weight excluding hydrogens is 336 g/mol. The van der Waals surface area contributed by atoms with E-state index >= 15 is 0 Å². The van der Waals surface area contributed by atoms with Crippen LogP contribution in [0.4, 0.5) is 23.1 Å². The number of aromatic nitrogens is 3. The Hall–Kier alpha value is -3.15. The van der Waals surface area contributed by atoms with Crippen LogP contribution in [0.1, 0.15) is 12.5 Å². The summed E-state index contributed by atoms with van der Waals surface area (Å²) in [5.74, 6) is 1.41. The number of rotatable bonds is 5. The molecular formula is C21H24N6. The molecule has 0 saturated carbocycles. The summed E-state index contributed by atoms with van der Waals surface area (Å²) in [4.78, 5) is 9.36. The minimum absolute atomic E-state index is 0.541. The number of hydrogen-bond donors (Lipinski definition) is 1. The number of nitrogens with one attached hydrogen (secondary N) is 1. The van der Waals surface area contributed by atoms with Crippen LogP contribution >= 0.6 is 0 Å². The second-order valence-corrected chi connectivity index (χ2v) is 6.58. The molecule has 0 bridgehead atoms. The van der Waals surface area contributed by atoms with E-state index in [2.05, 4.69) is 73.6 Å². The molecule has 27 heavy (non-hydrogen) atoms. The highest BCUT2D eigenvalue weighted by molar-refractivity contribution is 5.59. The third-order valence-corrected chi connectivity index (χ3v) is 4.92. The van der Waals surface area contributed by atoms with Crippen LogP contribution in [0.5, 0.6) is 0 Å². The molecule has 1 aromatic heterocycles. The Morgan fingerprint density at radius 3 is 2.37 bits per heavy atom. The largest absolute Gasteiger partial charge is 0.368 e. The summed E-state index contributed by atoms with van der Waals surface area (Å²) in [6.45, 7) is 5.91. The fourth-order valence-electron chi connectivity index (χ4n) is 3.40. The van der Waals surface area contributed by atoms with Gasteiger partial charge in [-0.25, -0.2) is 0 Å². The maximum Gasteiger partial charge on any atom is 0.249 e. The molecule has 6 heteroatoms. The van der Waals surface area contributed by atoms with E-state index in [9.17, 15) is 0 Å². The average molecular weight is 360 g/mol. The first-order valence-electron chi connectivity index (χ1n) is 9.43. The van der Waals surface area contributed by atoms with Crippen LogP contribution in [-0.2, 0) is 6.42 Å². The Labute approximate surface area is 159 Å². The summed E-state index contributed by atoms with van der Waals surface area (Å²) >= 11 is 0. The Morgan fingerprint density at radius 2 is 1.59 bits per heavy atom. The minimum Gasteiger partial charge on any atom is -0.368 e. The fraction of sp³-hybridized carbons (Fsp3) is 0.286. The normalized spacial score (nSPS) is 14.3. The first-order valence-corrected chi connectivity index (χ1v) is 9.43. The van der Waals surface area contributed by atoms with Crippen molar-refractivity contribution >= 4 is 23.1 Å². The van der Waals surface area contributed by atoms with Crippen LogP contribution in [0.2, 0.25) is 0 Å². The van der Waals surface area contributed by atoms with Gasteiger partial charge in [0.2, 0.25) is 5.95 Å². The van der Waals surface area contributed by atoms with Gasteiger partial charge in [-0.05, 0) is 30.2 Å². The van der Waals surface area contributed by atoms with E-state index in [1.54, 1.807) is 6.20 Å². The van der Waals surface area contributed by atoms with Crippen LogP contribution in [0.15, 0.2) is 60.8 Å². The molecule has 0 radical (unpaired) electrons. The number of hydrogen-bond acceptors (Lipinski definition) is 6. The fourth-order valence-corrected chi connectivity index (χ4v) is 3.40. The van der Waals surface area contributed by atoms with Crippen molar-refractivity contribution in [2.45, 2.75) is 13.3 Å². The van der Waals surface area contributed by atoms with Gasteiger partial charge < -0.3 is 15.1 Å². The molecule has 0 spiro atoms. The van der Waals surface area contributed by atoms with Crippen LogP contribution in [-0.4, -0.2) is 41.4 Å². The second-order valence-electron chi connectivity index (χ2n) is 6.58. The highest BCUT2D eigenvalue weighted by Crippen LogP contribution is 2.22. The Bertz CT molecular complexity index is 875. The Balaban J connectivity index is 1.44. The van der Waals surface area contributed by atoms with Crippen molar-refractivity contribution in [3.05, 3.63) is 66.4 Å². The lowest BCUT2D eigenvalue weighted by molar-refractivity contribution is 0.645. The molecule has 4 rings (SSSR count). The van der Waals surface area contributed by atoms with E-state index in [0.29, 0.717) is 5.95 Å². The molecule has 0 unspecified atom stereocenters. The van der Waals surface area contributed by atoms with Crippen molar-refractivity contribution < 1.29 is 0 Å². The van der Waals surface area contributed by atoms with Crippen molar-refractivity contribution in [3.63, 3.8) is 0 Å². The van der Waals surface area contributed by atoms with Crippen LogP contribution in [0.3, 0.4) is 0 Å². The maximum atomic E-state index is 4.69. The second kappa shape index (κ2) is 8.03. The first kappa shape index (κ1) is 17.3. The summed E-state index contributed by atoms with van der Waals surface area (Å²) < 4.78 is 0. The molecule has 1 aliphatic heterocycles. The highest BCUT2D eigenvalue weighted by Gasteiger charge is 2.19. The summed E-state index contributed by atoms with van der Waals surface area (Å²) in [7, 11) is 0. The van der Waals surface area contributed by atoms with Gasteiger partial charge in [0.15, 0.2) is 5.82 Å². The molecule has 6 nitrogen and oxygen atoms in total. The molecule has 0 amide bonds. The molecule has 2 aromatic carbocycles. The van der Waals surface area contributed by atoms with E-state index in [-0.39, 0.29) is 0 Å². The standard InChI is InChI=1S/C21H24N6/c1-2-17-8-6-7-11-19(17)23-21-24-20(16-22-25-21)27-14-12-26(13-15-27)18-9-4-3-5-10-18/h3-11,16H,2,12-15H2,1H3,(H,23,24,25). The Kier molecular flexibility index (Phi) is 5.14. The van der Waals surface area contributed by atoms with Crippen LogP contribution < -0.4 is 15.1 Å². The van der Waals surface area contributed by atoms with Crippen LogP contribution in [0.25, 0.3) is 0 Å². The van der Waals surface area contributed by atoms with Crippen molar-refractivity contribution in [3.8, 4) is 0 Å². The summed E-state index contributed by atoms with van der Waals surface area (Å²) in [6.07, 6.45) is 2.70. The number of aryl methyl sites for hydroxylation is 1.